The molecule has 1 aliphatic rings. The quantitative estimate of drug-likeness (QED) is 0.401. The van der Waals surface area contributed by atoms with Crippen LogP contribution in [0, 0.1) is 5.92 Å². The second-order valence-electron chi connectivity index (χ2n) is 4.19. The van der Waals surface area contributed by atoms with Gasteiger partial charge in [-0.05, 0) is 48.6 Å². The lowest BCUT2D eigenvalue weighted by molar-refractivity contribution is 0.503. The van der Waals surface area contributed by atoms with Gasteiger partial charge in [-0.3, -0.25) is 0 Å². The van der Waals surface area contributed by atoms with Crippen molar-refractivity contribution in [1.29, 1.82) is 0 Å². The molecule has 0 amide bonds. The molecular weight excluding hydrogens is 218 g/mol. The first-order chi connectivity index (χ1) is 7.76. The first kappa shape index (κ1) is 13.6. The van der Waals surface area contributed by atoms with Gasteiger partial charge in [-0.15, -0.1) is 0 Å². The Morgan fingerprint density at radius 2 is 2.44 bits per heavy atom. The molecule has 2 unspecified atom stereocenters. The van der Waals surface area contributed by atoms with Crippen LogP contribution in [0.2, 0.25) is 0 Å². The van der Waals surface area contributed by atoms with Gasteiger partial charge in [0, 0.05) is 6.54 Å². The number of rotatable bonds is 7. The highest BCUT2D eigenvalue weighted by Crippen LogP contribution is 2.08. The van der Waals surface area contributed by atoms with Crippen molar-refractivity contribution in [3.05, 3.63) is 23.9 Å². The van der Waals surface area contributed by atoms with E-state index in [4.69, 9.17) is 5.73 Å². The van der Waals surface area contributed by atoms with Gasteiger partial charge in [0.25, 0.3) is 0 Å². The fourth-order valence-corrected chi connectivity index (χ4v) is 2.12. The molecule has 3 nitrogen and oxygen atoms in total. The smallest absolute Gasteiger partial charge is 0.0937 e. The normalized spacial score (nSPS) is 21.4. The van der Waals surface area contributed by atoms with Crippen molar-refractivity contribution >= 4 is 12.6 Å². The van der Waals surface area contributed by atoms with E-state index in [1.165, 1.54) is 18.4 Å². The molecule has 0 aromatic carbocycles. The van der Waals surface area contributed by atoms with Crippen LogP contribution in [-0.2, 0) is 0 Å². The molecule has 0 fully saturated rings. The largest absolute Gasteiger partial charge is 0.373 e. The highest BCUT2D eigenvalue weighted by molar-refractivity contribution is 7.80. The molecule has 0 saturated carbocycles. The van der Waals surface area contributed by atoms with Crippen molar-refractivity contribution in [2.24, 2.45) is 11.7 Å². The molecule has 92 valence electrons. The molecular formula is C12H23N3S. The van der Waals surface area contributed by atoms with Gasteiger partial charge in [0.05, 0.1) is 6.17 Å². The molecule has 0 spiro atoms. The van der Waals surface area contributed by atoms with Gasteiger partial charge >= 0.3 is 0 Å². The molecule has 0 aliphatic carbocycles. The molecule has 0 aromatic heterocycles. The van der Waals surface area contributed by atoms with E-state index in [9.17, 15) is 0 Å². The van der Waals surface area contributed by atoms with Crippen LogP contribution >= 0.6 is 12.6 Å². The van der Waals surface area contributed by atoms with E-state index in [0.29, 0.717) is 0 Å². The molecule has 0 radical (unpaired) electrons. The lowest BCUT2D eigenvalue weighted by Crippen LogP contribution is -2.34. The first-order valence-electron chi connectivity index (χ1n) is 5.96. The predicted octanol–water partition coefficient (Wildman–Crippen LogP) is 1.25. The van der Waals surface area contributed by atoms with Gasteiger partial charge in [-0.25, -0.2) is 0 Å². The third-order valence-corrected chi connectivity index (χ3v) is 3.39. The minimum absolute atomic E-state index is 0.0392. The van der Waals surface area contributed by atoms with E-state index in [1.54, 1.807) is 0 Å². The fraction of sp³-hybridized carbons (Fsp3) is 0.667. The number of hydrogen-bond donors (Lipinski definition) is 4. The van der Waals surface area contributed by atoms with Gasteiger partial charge in [0.15, 0.2) is 0 Å². The topological polar surface area (TPSA) is 50.1 Å². The molecule has 1 heterocycles. The highest BCUT2D eigenvalue weighted by atomic mass is 32.1. The van der Waals surface area contributed by atoms with Crippen LogP contribution in [0.4, 0.5) is 0 Å². The third kappa shape index (κ3) is 5.05. The second kappa shape index (κ2) is 7.76. The molecule has 16 heavy (non-hydrogen) atoms. The standard InChI is InChI=1S/C12H23N3S/c1-2-10(9-16)3-5-14-8-11-4-6-15-12(13)7-11/h4,6-7,10,12,14-16H,2-3,5,8-9,13H2,1H3. The first-order valence-corrected chi connectivity index (χ1v) is 6.60. The Balaban J connectivity index is 2.13. The Morgan fingerprint density at radius 3 is 3.06 bits per heavy atom. The minimum Gasteiger partial charge on any atom is -0.373 e. The van der Waals surface area contributed by atoms with Crippen LogP contribution in [0.5, 0.6) is 0 Å². The molecule has 1 rings (SSSR count). The van der Waals surface area contributed by atoms with E-state index in [2.05, 4.69) is 36.3 Å². The number of nitrogens with two attached hydrogens (primary N) is 1. The zero-order chi connectivity index (χ0) is 11.8. The lowest BCUT2D eigenvalue weighted by atomic mass is 10.1. The maximum Gasteiger partial charge on any atom is 0.0937 e. The van der Waals surface area contributed by atoms with E-state index >= 15 is 0 Å². The molecule has 2 atom stereocenters. The van der Waals surface area contributed by atoms with Crippen LogP contribution in [0.1, 0.15) is 19.8 Å². The summed E-state index contributed by atoms with van der Waals surface area (Å²) < 4.78 is 0. The van der Waals surface area contributed by atoms with Gasteiger partial charge in [0.1, 0.15) is 0 Å². The van der Waals surface area contributed by atoms with Gasteiger partial charge in [-0.2, -0.15) is 12.6 Å². The fourth-order valence-electron chi connectivity index (χ4n) is 1.68. The number of nitrogens with one attached hydrogen (secondary N) is 2. The Bertz CT molecular complexity index is 247. The summed E-state index contributed by atoms with van der Waals surface area (Å²) in [6.45, 7) is 4.17. The van der Waals surface area contributed by atoms with Crippen LogP contribution in [0.3, 0.4) is 0 Å². The van der Waals surface area contributed by atoms with E-state index in [-0.39, 0.29) is 6.17 Å². The lowest BCUT2D eigenvalue weighted by Gasteiger charge is -2.16. The summed E-state index contributed by atoms with van der Waals surface area (Å²) in [5.74, 6) is 1.71. The zero-order valence-electron chi connectivity index (χ0n) is 9.95. The average Bonchev–Trinajstić information content (AvgIpc) is 2.29. The Kier molecular flexibility index (Phi) is 6.61. The van der Waals surface area contributed by atoms with Crippen molar-refractivity contribution < 1.29 is 0 Å². The number of thiol groups is 1. The molecule has 4 heteroatoms. The number of dihydropyridines is 1. The predicted molar refractivity (Wildman–Crippen MR) is 73.5 cm³/mol. The Hall–Kier alpha value is -0.450. The van der Waals surface area contributed by atoms with E-state index in [1.807, 2.05) is 12.3 Å². The maximum absolute atomic E-state index is 5.74. The van der Waals surface area contributed by atoms with Crippen molar-refractivity contribution in [3.8, 4) is 0 Å². The Morgan fingerprint density at radius 1 is 1.62 bits per heavy atom. The Labute approximate surface area is 104 Å². The van der Waals surface area contributed by atoms with Crippen LogP contribution < -0.4 is 16.4 Å². The van der Waals surface area contributed by atoms with Crippen LogP contribution in [-0.4, -0.2) is 25.0 Å². The van der Waals surface area contributed by atoms with Crippen molar-refractivity contribution in [1.82, 2.24) is 10.6 Å². The SMILES string of the molecule is CCC(CS)CCNCC1=CC(N)NC=C1. The molecule has 1 aliphatic heterocycles. The van der Waals surface area contributed by atoms with Gasteiger partial charge in [0.2, 0.25) is 0 Å². The van der Waals surface area contributed by atoms with Crippen molar-refractivity contribution in [2.75, 3.05) is 18.8 Å². The summed E-state index contributed by atoms with van der Waals surface area (Å²) >= 11 is 4.34. The average molecular weight is 241 g/mol. The summed E-state index contributed by atoms with van der Waals surface area (Å²) in [6.07, 6.45) is 8.38. The summed E-state index contributed by atoms with van der Waals surface area (Å²) in [4.78, 5) is 0. The van der Waals surface area contributed by atoms with E-state index < -0.39 is 0 Å². The monoisotopic (exact) mass is 241 g/mol. The van der Waals surface area contributed by atoms with Crippen LogP contribution in [0.15, 0.2) is 23.9 Å². The molecule has 0 saturated heterocycles. The maximum atomic E-state index is 5.74. The van der Waals surface area contributed by atoms with Crippen molar-refractivity contribution in [3.63, 3.8) is 0 Å². The van der Waals surface area contributed by atoms with Crippen molar-refractivity contribution in [2.45, 2.75) is 25.9 Å². The zero-order valence-corrected chi connectivity index (χ0v) is 10.8. The van der Waals surface area contributed by atoms with Gasteiger partial charge in [-0.1, -0.05) is 13.3 Å². The molecule has 0 aromatic rings. The molecule has 0 bridgehead atoms. The molecule has 4 N–H and O–H groups in total. The van der Waals surface area contributed by atoms with Gasteiger partial charge < -0.3 is 16.4 Å². The second-order valence-corrected chi connectivity index (χ2v) is 4.55. The van der Waals surface area contributed by atoms with Crippen LogP contribution in [0.25, 0.3) is 0 Å². The highest BCUT2D eigenvalue weighted by Gasteiger charge is 2.05. The van der Waals surface area contributed by atoms with E-state index in [0.717, 1.165) is 24.8 Å². The third-order valence-electron chi connectivity index (χ3n) is 2.87. The summed E-state index contributed by atoms with van der Waals surface area (Å²) in [5, 5.41) is 6.46. The minimum atomic E-state index is -0.0392. The summed E-state index contributed by atoms with van der Waals surface area (Å²) in [6, 6.07) is 0. The summed E-state index contributed by atoms with van der Waals surface area (Å²) in [7, 11) is 0. The number of hydrogen-bond acceptors (Lipinski definition) is 4. The summed E-state index contributed by atoms with van der Waals surface area (Å²) in [5.41, 5.74) is 7.00.